The summed E-state index contributed by atoms with van der Waals surface area (Å²) < 4.78 is 10.7. The van der Waals surface area contributed by atoms with E-state index in [0.29, 0.717) is 12.4 Å². The van der Waals surface area contributed by atoms with Gasteiger partial charge in [-0.25, -0.2) is 0 Å². The highest BCUT2D eigenvalue weighted by Gasteiger charge is 2.29. The van der Waals surface area contributed by atoms with Gasteiger partial charge in [0.1, 0.15) is 11.8 Å². The number of benzene rings is 1. The minimum absolute atomic E-state index is 0.108. The highest BCUT2D eigenvalue weighted by Crippen LogP contribution is 2.27. The fraction of sp³-hybridized carbons (Fsp3) is 0.500. The van der Waals surface area contributed by atoms with E-state index in [4.69, 9.17) is 15.2 Å². The summed E-state index contributed by atoms with van der Waals surface area (Å²) in [7, 11) is 1.60. The molecule has 0 saturated carbocycles. The number of rotatable bonds is 5. The van der Waals surface area contributed by atoms with Gasteiger partial charge in [0.05, 0.1) is 19.4 Å². The normalized spacial score (nSPS) is 20.6. The van der Waals surface area contributed by atoms with Crippen molar-refractivity contribution in [2.24, 2.45) is 11.7 Å². The van der Waals surface area contributed by atoms with E-state index in [0.717, 1.165) is 25.1 Å². The molecule has 19 heavy (non-hydrogen) atoms. The second kappa shape index (κ2) is 6.43. The van der Waals surface area contributed by atoms with Crippen molar-refractivity contribution in [1.29, 1.82) is 0 Å². The van der Waals surface area contributed by atoms with Crippen molar-refractivity contribution >= 4 is 11.6 Å². The Labute approximate surface area is 113 Å². The minimum Gasteiger partial charge on any atom is -0.495 e. The number of hydrogen-bond donors (Lipinski definition) is 2. The number of carbonyl (C=O) groups excluding carboxylic acids is 1. The quantitative estimate of drug-likeness (QED) is 0.842. The number of nitrogens with one attached hydrogen (secondary N) is 1. The summed E-state index contributed by atoms with van der Waals surface area (Å²) in [6.07, 6.45) is 1.90. The Morgan fingerprint density at radius 2 is 2.32 bits per heavy atom. The van der Waals surface area contributed by atoms with Crippen LogP contribution in [0.25, 0.3) is 0 Å². The number of carbonyl (C=O) groups is 1. The first-order valence-corrected chi connectivity index (χ1v) is 6.49. The van der Waals surface area contributed by atoms with Gasteiger partial charge in [-0.2, -0.15) is 0 Å². The van der Waals surface area contributed by atoms with Crippen LogP contribution in [0.2, 0.25) is 0 Å². The van der Waals surface area contributed by atoms with Crippen LogP contribution in [0.5, 0.6) is 5.75 Å². The number of amides is 1. The molecule has 0 aromatic heterocycles. The molecule has 0 spiro atoms. The van der Waals surface area contributed by atoms with Gasteiger partial charge < -0.3 is 20.5 Å². The minimum atomic E-state index is -0.434. The van der Waals surface area contributed by atoms with Crippen LogP contribution in [0.3, 0.4) is 0 Å². The van der Waals surface area contributed by atoms with Gasteiger partial charge in [-0.15, -0.1) is 0 Å². The molecule has 1 aliphatic rings. The Hall–Kier alpha value is -1.75. The smallest absolute Gasteiger partial charge is 0.240 e. The average Bonchev–Trinajstić information content (AvgIpc) is 2.45. The number of anilines is 1. The monoisotopic (exact) mass is 264 g/mol. The van der Waals surface area contributed by atoms with Crippen LogP contribution >= 0.6 is 0 Å². The van der Waals surface area contributed by atoms with Gasteiger partial charge in [0.2, 0.25) is 5.91 Å². The zero-order valence-corrected chi connectivity index (χ0v) is 11.1. The van der Waals surface area contributed by atoms with Crippen LogP contribution in [0.4, 0.5) is 5.69 Å². The van der Waals surface area contributed by atoms with Gasteiger partial charge in [-0.3, -0.25) is 4.79 Å². The number of hydrogen-bond acceptors (Lipinski definition) is 4. The van der Waals surface area contributed by atoms with E-state index in [-0.39, 0.29) is 11.8 Å². The molecular formula is C14H20N2O3. The topological polar surface area (TPSA) is 73.6 Å². The van der Waals surface area contributed by atoms with Crippen molar-refractivity contribution < 1.29 is 14.3 Å². The number of methoxy groups -OCH3 is 1. The second-order valence-corrected chi connectivity index (χ2v) is 4.70. The molecule has 5 nitrogen and oxygen atoms in total. The van der Waals surface area contributed by atoms with E-state index in [1.165, 1.54) is 0 Å². The maximum Gasteiger partial charge on any atom is 0.240 e. The third-order valence-electron chi connectivity index (χ3n) is 3.39. The first-order valence-electron chi connectivity index (χ1n) is 6.49. The lowest BCUT2D eigenvalue weighted by molar-refractivity contribution is -0.121. The fourth-order valence-electron chi connectivity index (χ4n) is 2.38. The van der Waals surface area contributed by atoms with Crippen molar-refractivity contribution in [3.63, 3.8) is 0 Å². The molecule has 1 fully saturated rings. The standard InChI is InChI=1S/C14H20N2O3/c1-18-12-7-3-2-6-11(12)16-13(14(15)17)10-5-4-8-19-9-10/h2-3,6-7,10,13,16H,4-5,8-9H2,1H3,(H2,15,17). The molecule has 1 aromatic rings. The summed E-state index contributed by atoms with van der Waals surface area (Å²) in [6.45, 7) is 1.33. The van der Waals surface area contributed by atoms with Gasteiger partial charge in [0, 0.05) is 12.5 Å². The zero-order chi connectivity index (χ0) is 13.7. The largest absolute Gasteiger partial charge is 0.495 e. The molecule has 5 heteroatoms. The number of nitrogens with two attached hydrogens (primary N) is 1. The summed E-state index contributed by atoms with van der Waals surface area (Å²) in [6, 6.07) is 7.06. The van der Waals surface area contributed by atoms with Crippen LogP contribution in [0.1, 0.15) is 12.8 Å². The maximum absolute atomic E-state index is 11.7. The first kappa shape index (κ1) is 13.7. The SMILES string of the molecule is COc1ccccc1NC(C(N)=O)C1CCCOC1. The Balaban J connectivity index is 2.13. The lowest BCUT2D eigenvalue weighted by atomic mass is 9.93. The molecule has 2 atom stereocenters. The average molecular weight is 264 g/mol. The third kappa shape index (κ3) is 3.38. The zero-order valence-electron chi connectivity index (χ0n) is 11.1. The summed E-state index contributed by atoms with van der Waals surface area (Å²) in [4.78, 5) is 11.7. The second-order valence-electron chi connectivity index (χ2n) is 4.70. The van der Waals surface area contributed by atoms with Crippen LogP contribution in [-0.4, -0.2) is 32.3 Å². The van der Waals surface area contributed by atoms with Gasteiger partial charge >= 0.3 is 0 Å². The van der Waals surface area contributed by atoms with Gasteiger partial charge in [0.15, 0.2) is 0 Å². The highest BCUT2D eigenvalue weighted by molar-refractivity contribution is 5.84. The summed E-state index contributed by atoms with van der Waals surface area (Å²) >= 11 is 0. The van der Waals surface area contributed by atoms with Crippen LogP contribution in [0, 0.1) is 5.92 Å². The Bertz CT molecular complexity index is 430. The predicted octanol–water partition coefficient (Wildman–Crippen LogP) is 1.39. The molecule has 1 aromatic carbocycles. The van der Waals surface area contributed by atoms with Crippen LogP contribution in [-0.2, 0) is 9.53 Å². The van der Waals surface area contributed by atoms with E-state index in [1.807, 2.05) is 24.3 Å². The summed E-state index contributed by atoms with van der Waals surface area (Å²) in [5, 5.41) is 3.19. The molecule has 3 N–H and O–H groups in total. The number of primary amides is 1. The molecule has 0 bridgehead atoms. The first-order chi connectivity index (χ1) is 9.22. The predicted molar refractivity (Wildman–Crippen MR) is 73.1 cm³/mol. The Morgan fingerprint density at radius 1 is 1.53 bits per heavy atom. The van der Waals surface area contributed by atoms with Crippen molar-refractivity contribution in [2.75, 3.05) is 25.6 Å². The van der Waals surface area contributed by atoms with Crippen molar-refractivity contribution in [2.45, 2.75) is 18.9 Å². The number of ether oxygens (including phenoxy) is 2. The van der Waals surface area contributed by atoms with Crippen molar-refractivity contribution in [1.82, 2.24) is 0 Å². The van der Waals surface area contributed by atoms with Crippen molar-refractivity contribution in [3.8, 4) is 5.75 Å². The molecule has 0 aliphatic carbocycles. The van der Waals surface area contributed by atoms with E-state index in [9.17, 15) is 4.79 Å². The van der Waals surface area contributed by atoms with Gasteiger partial charge in [-0.05, 0) is 25.0 Å². The third-order valence-corrected chi connectivity index (χ3v) is 3.39. The van der Waals surface area contributed by atoms with Gasteiger partial charge in [-0.1, -0.05) is 12.1 Å². The number of para-hydroxylation sites is 2. The van der Waals surface area contributed by atoms with E-state index in [1.54, 1.807) is 7.11 Å². The summed E-state index contributed by atoms with van der Waals surface area (Å²) in [5.41, 5.74) is 6.29. The molecule has 1 saturated heterocycles. The molecule has 1 amide bonds. The van der Waals surface area contributed by atoms with Crippen LogP contribution < -0.4 is 15.8 Å². The molecule has 1 heterocycles. The molecule has 0 radical (unpaired) electrons. The fourth-order valence-corrected chi connectivity index (χ4v) is 2.38. The lowest BCUT2D eigenvalue weighted by Crippen LogP contribution is -2.44. The lowest BCUT2D eigenvalue weighted by Gasteiger charge is -2.29. The Morgan fingerprint density at radius 3 is 2.95 bits per heavy atom. The molecule has 2 rings (SSSR count). The van der Waals surface area contributed by atoms with Crippen molar-refractivity contribution in [3.05, 3.63) is 24.3 Å². The maximum atomic E-state index is 11.7. The molecule has 2 unspecified atom stereocenters. The van der Waals surface area contributed by atoms with E-state index in [2.05, 4.69) is 5.32 Å². The molecule has 104 valence electrons. The summed E-state index contributed by atoms with van der Waals surface area (Å²) in [5.74, 6) is 0.447. The Kier molecular flexibility index (Phi) is 4.63. The molecular weight excluding hydrogens is 244 g/mol. The van der Waals surface area contributed by atoms with Crippen LogP contribution in [0.15, 0.2) is 24.3 Å². The van der Waals surface area contributed by atoms with Gasteiger partial charge in [0.25, 0.3) is 0 Å². The van der Waals surface area contributed by atoms with E-state index >= 15 is 0 Å². The highest BCUT2D eigenvalue weighted by atomic mass is 16.5. The molecule has 1 aliphatic heterocycles. The van der Waals surface area contributed by atoms with E-state index < -0.39 is 6.04 Å².